The average molecular weight is 372 g/mol. The maximum absolute atomic E-state index is 11.7. The van der Waals surface area contributed by atoms with Gasteiger partial charge in [0.2, 0.25) is 0 Å². The molecular formula is C22H47N2O2+. The lowest BCUT2D eigenvalue weighted by Crippen LogP contribution is -2.53. The predicted octanol–water partition coefficient (Wildman–Crippen LogP) is 5.22. The molecule has 0 rings (SSSR count). The molecule has 0 bridgehead atoms. The Labute approximate surface area is 163 Å². The molecule has 0 amide bonds. The predicted molar refractivity (Wildman–Crippen MR) is 113 cm³/mol. The van der Waals surface area contributed by atoms with Gasteiger partial charge in [-0.3, -0.25) is 0 Å². The van der Waals surface area contributed by atoms with E-state index in [1.807, 2.05) is 0 Å². The fraction of sp³-hybridized carbons (Fsp3) is 0.955. The third-order valence-corrected chi connectivity index (χ3v) is 5.47. The molecule has 0 saturated carbocycles. The number of hydrogen-bond acceptors (Lipinski definition) is 2. The van der Waals surface area contributed by atoms with Crippen LogP contribution in [0.3, 0.4) is 0 Å². The normalized spacial score (nSPS) is 13.1. The van der Waals surface area contributed by atoms with Gasteiger partial charge in [0.1, 0.15) is 0 Å². The van der Waals surface area contributed by atoms with Gasteiger partial charge in [-0.2, -0.15) is 0 Å². The van der Waals surface area contributed by atoms with Crippen molar-refractivity contribution < 1.29 is 14.4 Å². The molecule has 26 heavy (non-hydrogen) atoms. The van der Waals surface area contributed by atoms with Crippen LogP contribution in [-0.4, -0.2) is 55.3 Å². The molecule has 0 spiro atoms. The first-order valence-corrected chi connectivity index (χ1v) is 11.2. The van der Waals surface area contributed by atoms with Crippen molar-refractivity contribution in [3.63, 3.8) is 0 Å². The molecule has 0 aliphatic heterocycles. The quantitative estimate of drug-likeness (QED) is 0.242. The van der Waals surface area contributed by atoms with E-state index in [2.05, 4.69) is 33.3 Å². The van der Waals surface area contributed by atoms with Gasteiger partial charge in [-0.15, -0.1) is 0 Å². The van der Waals surface area contributed by atoms with Crippen LogP contribution in [0.5, 0.6) is 0 Å². The van der Waals surface area contributed by atoms with Gasteiger partial charge < -0.3 is 14.9 Å². The number of carboxylic acids is 1. The first-order valence-electron chi connectivity index (χ1n) is 11.2. The molecule has 0 radical (unpaired) electrons. The number of unbranched alkanes of at least 4 members (excludes halogenated alkanes) is 9. The third-order valence-electron chi connectivity index (χ3n) is 5.47. The summed E-state index contributed by atoms with van der Waals surface area (Å²) in [5.41, 5.74) is 0. The molecule has 0 fully saturated rings. The topological polar surface area (TPSA) is 49.3 Å². The molecule has 0 aromatic rings. The van der Waals surface area contributed by atoms with E-state index >= 15 is 0 Å². The number of carbonyl (C=O) groups is 1. The van der Waals surface area contributed by atoms with Crippen LogP contribution in [-0.2, 0) is 4.79 Å². The van der Waals surface area contributed by atoms with E-state index in [0.717, 1.165) is 45.3 Å². The van der Waals surface area contributed by atoms with Crippen molar-refractivity contribution in [2.75, 3.05) is 33.7 Å². The summed E-state index contributed by atoms with van der Waals surface area (Å²) in [6, 6.07) is -0.281. The highest BCUT2D eigenvalue weighted by molar-refractivity contribution is 5.72. The smallest absolute Gasteiger partial charge is 0.362 e. The molecule has 1 unspecified atom stereocenters. The van der Waals surface area contributed by atoms with Gasteiger partial charge in [0.15, 0.2) is 6.04 Å². The Hall–Kier alpha value is -0.610. The lowest BCUT2D eigenvalue weighted by Gasteiger charge is -2.35. The highest BCUT2D eigenvalue weighted by Crippen LogP contribution is 2.16. The zero-order chi connectivity index (χ0) is 19.7. The van der Waals surface area contributed by atoms with Gasteiger partial charge in [0.05, 0.1) is 20.6 Å². The number of likely N-dealkylation sites (N-methyl/N-ethyl adjacent to an activating group) is 1. The largest absolute Gasteiger partial charge is 0.477 e. The van der Waals surface area contributed by atoms with Crippen LogP contribution in [0.4, 0.5) is 0 Å². The van der Waals surface area contributed by atoms with E-state index in [9.17, 15) is 9.90 Å². The van der Waals surface area contributed by atoms with Crippen LogP contribution in [0.15, 0.2) is 0 Å². The maximum atomic E-state index is 11.7. The fourth-order valence-corrected chi connectivity index (χ4v) is 3.66. The van der Waals surface area contributed by atoms with Crippen LogP contribution >= 0.6 is 0 Å². The van der Waals surface area contributed by atoms with E-state index in [-0.39, 0.29) is 6.04 Å². The van der Waals surface area contributed by atoms with Gasteiger partial charge in [0, 0.05) is 6.42 Å². The first kappa shape index (κ1) is 25.4. The van der Waals surface area contributed by atoms with Crippen molar-refractivity contribution in [2.45, 2.75) is 103 Å². The molecule has 1 atom stereocenters. The van der Waals surface area contributed by atoms with Crippen molar-refractivity contribution in [1.82, 2.24) is 5.32 Å². The van der Waals surface area contributed by atoms with Crippen LogP contribution in [0.1, 0.15) is 97.3 Å². The minimum absolute atomic E-state index is 0.281. The second-order valence-electron chi connectivity index (χ2n) is 8.43. The number of hydrogen-bond donors (Lipinski definition) is 2. The van der Waals surface area contributed by atoms with Gasteiger partial charge in [-0.05, 0) is 38.8 Å². The zero-order valence-electron chi connectivity index (χ0n) is 18.2. The Morgan fingerprint density at radius 2 is 1.35 bits per heavy atom. The second kappa shape index (κ2) is 16.6. The molecule has 0 aromatic heterocycles. The zero-order valence-corrected chi connectivity index (χ0v) is 18.2. The second-order valence-corrected chi connectivity index (χ2v) is 8.43. The van der Waals surface area contributed by atoms with E-state index in [0.29, 0.717) is 4.48 Å². The first-order chi connectivity index (χ1) is 12.5. The number of carboxylic acid groups (broad SMARTS) is 1. The Morgan fingerprint density at radius 1 is 0.808 bits per heavy atom. The summed E-state index contributed by atoms with van der Waals surface area (Å²) in [5, 5.41) is 13.0. The number of nitrogens with zero attached hydrogens (tertiary/aromatic N) is 1. The molecule has 0 aliphatic rings. The molecular weight excluding hydrogens is 324 g/mol. The minimum Gasteiger partial charge on any atom is -0.477 e. The average Bonchev–Trinajstić information content (AvgIpc) is 2.59. The molecule has 0 heterocycles. The molecule has 0 saturated heterocycles. The summed E-state index contributed by atoms with van der Waals surface area (Å²) in [6.07, 6.45) is 16.1. The molecule has 2 N–H and O–H groups in total. The highest BCUT2D eigenvalue weighted by Gasteiger charge is 2.33. The Kier molecular flexibility index (Phi) is 16.2. The molecule has 4 nitrogen and oxygen atoms in total. The van der Waals surface area contributed by atoms with Crippen LogP contribution in [0, 0.1) is 0 Å². The van der Waals surface area contributed by atoms with E-state index in [1.54, 1.807) is 0 Å². The van der Waals surface area contributed by atoms with E-state index in [1.165, 1.54) is 57.8 Å². The Bertz CT molecular complexity index is 332. The summed E-state index contributed by atoms with van der Waals surface area (Å²) in [5.74, 6) is -0.641. The summed E-state index contributed by atoms with van der Waals surface area (Å²) < 4.78 is 0.611. The lowest BCUT2D eigenvalue weighted by atomic mass is 10.0. The summed E-state index contributed by atoms with van der Waals surface area (Å²) in [7, 11) is 4.18. The van der Waals surface area contributed by atoms with Crippen LogP contribution in [0.25, 0.3) is 0 Å². The number of aliphatic carboxylic acids is 1. The standard InChI is InChI=1S/C22H46N2O2/c1-5-7-8-9-10-11-12-13-14-15-20-24(3,4)21(22(25)26)17-16-19-23-18-6-2/h21,23H,5-20H2,1-4H3/p+1. The Morgan fingerprint density at radius 3 is 1.85 bits per heavy atom. The van der Waals surface area contributed by atoms with E-state index in [4.69, 9.17) is 0 Å². The van der Waals surface area contributed by atoms with Crippen molar-refractivity contribution in [3.8, 4) is 0 Å². The van der Waals surface area contributed by atoms with Gasteiger partial charge >= 0.3 is 5.97 Å². The van der Waals surface area contributed by atoms with Crippen LogP contribution in [0.2, 0.25) is 0 Å². The molecule has 156 valence electrons. The molecule has 4 heteroatoms. The minimum atomic E-state index is -0.641. The number of rotatable bonds is 19. The van der Waals surface area contributed by atoms with Gasteiger partial charge in [-0.1, -0.05) is 65.2 Å². The fourth-order valence-electron chi connectivity index (χ4n) is 3.66. The molecule has 0 aliphatic carbocycles. The van der Waals surface area contributed by atoms with Gasteiger partial charge in [0.25, 0.3) is 0 Å². The summed E-state index contributed by atoms with van der Waals surface area (Å²) in [4.78, 5) is 11.7. The van der Waals surface area contributed by atoms with Crippen molar-refractivity contribution in [3.05, 3.63) is 0 Å². The van der Waals surface area contributed by atoms with Crippen molar-refractivity contribution in [1.29, 1.82) is 0 Å². The summed E-state index contributed by atoms with van der Waals surface area (Å²) in [6.45, 7) is 7.33. The third kappa shape index (κ3) is 13.6. The van der Waals surface area contributed by atoms with Crippen molar-refractivity contribution >= 4 is 5.97 Å². The lowest BCUT2D eigenvalue weighted by molar-refractivity contribution is -0.907. The monoisotopic (exact) mass is 371 g/mol. The Balaban J connectivity index is 3.87. The summed E-state index contributed by atoms with van der Waals surface area (Å²) >= 11 is 0. The van der Waals surface area contributed by atoms with Gasteiger partial charge in [-0.25, -0.2) is 4.79 Å². The highest BCUT2D eigenvalue weighted by atomic mass is 16.4. The maximum Gasteiger partial charge on any atom is 0.362 e. The van der Waals surface area contributed by atoms with E-state index < -0.39 is 5.97 Å². The van der Waals surface area contributed by atoms with Crippen LogP contribution < -0.4 is 5.32 Å². The SMILES string of the molecule is CCCCCCCCCCCC[N+](C)(C)C(CCCNCCC)C(=O)O. The number of quaternary nitrogens is 1. The van der Waals surface area contributed by atoms with Crippen molar-refractivity contribution in [2.24, 2.45) is 0 Å². The number of nitrogens with one attached hydrogen (secondary N) is 1. The molecule has 0 aromatic carbocycles.